The van der Waals surface area contributed by atoms with E-state index in [4.69, 9.17) is 0 Å². The summed E-state index contributed by atoms with van der Waals surface area (Å²) in [6, 6.07) is 19.1. The van der Waals surface area contributed by atoms with E-state index in [2.05, 4.69) is 70.6 Å². The first-order valence-corrected chi connectivity index (χ1v) is 10.0. The van der Waals surface area contributed by atoms with Crippen molar-refractivity contribution in [2.24, 2.45) is 0 Å². The van der Waals surface area contributed by atoms with Gasteiger partial charge in [0.1, 0.15) is 5.65 Å². The van der Waals surface area contributed by atoms with Crippen LogP contribution in [-0.4, -0.2) is 14.8 Å². The average molecular weight is 368 g/mol. The third-order valence-electron chi connectivity index (χ3n) is 5.88. The normalized spacial score (nSPS) is 13.6. The van der Waals surface area contributed by atoms with E-state index in [9.17, 15) is 4.79 Å². The number of rotatable bonds is 3. The lowest BCUT2D eigenvalue weighted by Crippen LogP contribution is -2.00. The number of nitrogens with zero attached hydrogens (tertiary/aromatic N) is 2. The van der Waals surface area contributed by atoms with Crippen molar-refractivity contribution < 1.29 is 4.79 Å². The maximum atomic E-state index is 12.8. The van der Waals surface area contributed by atoms with E-state index in [0.717, 1.165) is 42.6 Å². The Bertz CT molecular complexity index is 1180. The van der Waals surface area contributed by atoms with Gasteiger partial charge in [-0.1, -0.05) is 60.2 Å². The van der Waals surface area contributed by atoms with Crippen molar-refractivity contribution in [2.45, 2.75) is 39.7 Å². The van der Waals surface area contributed by atoms with Gasteiger partial charge in [-0.05, 0) is 37.3 Å². The molecule has 0 amide bonds. The number of carbonyl (C=O) groups is 1. The van der Waals surface area contributed by atoms with Gasteiger partial charge in [-0.3, -0.25) is 9.20 Å². The van der Waals surface area contributed by atoms with Crippen LogP contribution >= 0.6 is 0 Å². The minimum Gasteiger partial charge on any atom is -0.325 e. The van der Waals surface area contributed by atoms with E-state index in [0.29, 0.717) is 0 Å². The molecule has 0 unspecified atom stereocenters. The van der Waals surface area contributed by atoms with Crippen molar-refractivity contribution in [1.29, 1.82) is 0 Å². The molecular formula is C25H24N2O. The molecule has 0 radical (unpaired) electrons. The van der Waals surface area contributed by atoms with Crippen LogP contribution in [0.2, 0.25) is 0 Å². The van der Waals surface area contributed by atoms with Crippen LogP contribution in [0, 0.1) is 6.92 Å². The second-order valence-electron chi connectivity index (χ2n) is 7.81. The van der Waals surface area contributed by atoms with Gasteiger partial charge >= 0.3 is 0 Å². The molecular weight excluding hydrogens is 344 g/mol. The van der Waals surface area contributed by atoms with Crippen LogP contribution < -0.4 is 0 Å². The van der Waals surface area contributed by atoms with Crippen molar-refractivity contribution in [1.82, 2.24) is 8.97 Å². The van der Waals surface area contributed by atoms with Gasteiger partial charge < -0.3 is 4.57 Å². The molecule has 0 fully saturated rings. The molecule has 3 nitrogen and oxygen atoms in total. The van der Waals surface area contributed by atoms with Gasteiger partial charge in [-0.15, -0.1) is 0 Å². The van der Waals surface area contributed by atoms with E-state index < -0.39 is 0 Å². The summed E-state index contributed by atoms with van der Waals surface area (Å²) < 4.78 is 4.58. The molecule has 3 heteroatoms. The van der Waals surface area contributed by atoms with Crippen molar-refractivity contribution in [3.8, 4) is 22.4 Å². The largest absolute Gasteiger partial charge is 0.325 e. The Morgan fingerprint density at radius 1 is 0.929 bits per heavy atom. The molecule has 0 spiro atoms. The lowest BCUT2D eigenvalue weighted by Gasteiger charge is -2.09. The predicted molar refractivity (Wildman–Crippen MR) is 114 cm³/mol. The maximum Gasteiger partial charge on any atom is 0.177 e. The van der Waals surface area contributed by atoms with E-state index in [-0.39, 0.29) is 5.78 Å². The topological polar surface area (TPSA) is 26.4 Å². The maximum absolute atomic E-state index is 12.8. The van der Waals surface area contributed by atoms with Gasteiger partial charge in [0, 0.05) is 30.8 Å². The van der Waals surface area contributed by atoms with Crippen molar-refractivity contribution in [3.05, 3.63) is 77.6 Å². The second-order valence-corrected chi connectivity index (χ2v) is 7.81. The summed E-state index contributed by atoms with van der Waals surface area (Å²) in [6.45, 7) is 4.79. The summed E-state index contributed by atoms with van der Waals surface area (Å²) in [5, 5.41) is 0. The average Bonchev–Trinajstić information content (AvgIpc) is 3.12. The van der Waals surface area contributed by atoms with Crippen molar-refractivity contribution >= 4 is 11.4 Å². The van der Waals surface area contributed by atoms with Crippen LogP contribution in [0.4, 0.5) is 0 Å². The van der Waals surface area contributed by atoms with E-state index in [1.165, 1.54) is 28.0 Å². The van der Waals surface area contributed by atoms with Crippen LogP contribution in [0.1, 0.15) is 41.4 Å². The fourth-order valence-corrected chi connectivity index (χ4v) is 4.60. The summed E-state index contributed by atoms with van der Waals surface area (Å²) in [5.74, 6) is 0.119. The number of carbonyl (C=O) groups excluding carboxylic acids is 1. The fraction of sp³-hybridized carbons (Fsp3) is 0.240. The number of Topliss-reactive ketones (excluding diaryl/α,β-unsaturated/α-hetero) is 1. The van der Waals surface area contributed by atoms with Crippen molar-refractivity contribution in [3.63, 3.8) is 0 Å². The quantitative estimate of drug-likeness (QED) is 0.412. The molecule has 0 aliphatic carbocycles. The van der Waals surface area contributed by atoms with E-state index in [1.54, 1.807) is 6.92 Å². The molecule has 28 heavy (non-hydrogen) atoms. The number of imidazole rings is 1. The molecule has 3 heterocycles. The predicted octanol–water partition coefficient (Wildman–Crippen LogP) is 5.92. The van der Waals surface area contributed by atoms with E-state index >= 15 is 0 Å². The standard InChI is InChI=1S/C25H24N2O/c1-17-11-13-19(14-12-17)22-16-27-24(18(2)28)23(20-8-4-3-5-9-20)21-10-6-7-15-26(22)25(21)27/h3-5,8-9,11-14,16H,6-7,10,15H2,1-2H3. The Hall–Kier alpha value is -3.07. The number of benzene rings is 2. The number of hydrogen-bond donors (Lipinski definition) is 0. The zero-order valence-corrected chi connectivity index (χ0v) is 16.4. The molecule has 0 saturated carbocycles. The molecule has 4 aromatic rings. The summed E-state index contributed by atoms with van der Waals surface area (Å²) in [6.07, 6.45) is 5.48. The molecule has 5 rings (SSSR count). The third-order valence-corrected chi connectivity index (χ3v) is 5.88. The number of ketones is 1. The molecule has 0 atom stereocenters. The summed E-state index contributed by atoms with van der Waals surface area (Å²) in [5.41, 5.74) is 9.23. The highest BCUT2D eigenvalue weighted by Crippen LogP contribution is 2.39. The van der Waals surface area contributed by atoms with Crippen LogP contribution in [0.25, 0.3) is 28.0 Å². The number of aryl methyl sites for hydroxylation is 3. The number of hydrogen-bond acceptors (Lipinski definition) is 1. The molecule has 1 aliphatic rings. The van der Waals surface area contributed by atoms with Gasteiger partial charge in [-0.25, -0.2) is 0 Å². The Morgan fingerprint density at radius 2 is 1.68 bits per heavy atom. The van der Waals surface area contributed by atoms with Crippen LogP contribution in [0.15, 0.2) is 60.8 Å². The Labute approximate surface area is 165 Å². The van der Waals surface area contributed by atoms with Crippen LogP contribution in [0.3, 0.4) is 0 Å². The SMILES string of the molecule is CC(=O)c1c(-c2ccccc2)c2c3n(c(-c4ccc(C)cc4)cn13)CCCC2. The highest BCUT2D eigenvalue weighted by atomic mass is 16.1. The first kappa shape index (κ1) is 17.1. The van der Waals surface area contributed by atoms with Crippen molar-refractivity contribution in [2.75, 3.05) is 0 Å². The zero-order valence-electron chi connectivity index (χ0n) is 16.4. The van der Waals surface area contributed by atoms with Crippen LogP contribution in [0.5, 0.6) is 0 Å². The molecule has 0 saturated heterocycles. The molecule has 0 N–H and O–H groups in total. The van der Waals surface area contributed by atoms with Gasteiger partial charge in [0.15, 0.2) is 5.78 Å². The highest BCUT2D eigenvalue weighted by Gasteiger charge is 2.27. The minimum absolute atomic E-state index is 0.119. The first-order chi connectivity index (χ1) is 13.6. The summed E-state index contributed by atoms with van der Waals surface area (Å²) in [4.78, 5) is 12.8. The monoisotopic (exact) mass is 368 g/mol. The molecule has 140 valence electrons. The highest BCUT2D eigenvalue weighted by molar-refractivity contribution is 6.03. The smallest absolute Gasteiger partial charge is 0.177 e. The molecule has 1 aliphatic heterocycles. The Morgan fingerprint density at radius 3 is 2.39 bits per heavy atom. The Balaban J connectivity index is 1.86. The van der Waals surface area contributed by atoms with E-state index in [1.807, 2.05) is 6.07 Å². The number of aromatic nitrogens is 2. The molecule has 0 bridgehead atoms. The van der Waals surface area contributed by atoms with Gasteiger partial charge in [0.2, 0.25) is 0 Å². The lowest BCUT2D eigenvalue weighted by molar-refractivity contribution is 0.101. The zero-order chi connectivity index (χ0) is 19.3. The molecule has 2 aromatic carbocycles. The summed E-state index contributed by atoms with van der Waals surface area (Å²) >= 11 is 0. The fourth-order valence-electron chi connectivity index (χ4n) is 4.60. The van der Waals surface area contributed by atoms with Crippen LogP contribution in [-0.2, 0) is 13.0 Å². The molecule has 2 aromatic heterocycles. The first-order valence-electron chi connectivity index (χ1n) is 10.0. The second kappa shape index (κ2) is 6.52. The van der Waals surface area contributed by atoms with Gasteiger partial charge in [0.25, 0.3) is 0 Å². The van der Waals surface area contributed by atoms with Gasteiger partial charge in [-0.2, -0.15) is 0 Å². The lowest BCUT2D eigenvalue weighted by atomic mass is 9.97. The van der Waals surface area contributed by atoms with Gasteiger partial charge in [0.05, 0.1) is 11.4 Å². The minimum atomic E-state index is 0.119. The third kappa shape index (κ3) is 2.54. The summed E-state index contributed by atoms with van der Waals surface area (Å²) in [7, 11) is 0. The Kier molecular flexibility index (Phi) is 3.97.